The molecule has 11 heteroatoms. The largest absolute Gasteiger partial charge is 0.460 e. The van der Waals surface area contributed by atoms with Crippen molar-refractivity contribution in [2.24, 2.45) is 0 Å². The van der Waals surface area contributed by atoms with E-state index in [1.165, 1.54) is 13.0 Å². The van der Waals surface area contributed by atoms with Crippen molar-refractivity contribution in [2.45, 2.75) is 30.9 Å². The third kappa shape index (κ3) is 2.74. The van der Waals surface area contributed by atoms with Crippen molar-refractivity contribution in [1.29, 1.82) is 0 Å². The second-order valence-electron chi connectivity index (χ2n) is 5.20. The molecule has 0 N–H and O–H groups in total. The van der Waals surface area contributed by atoms with E-state index in [4.69, 9.17) is 0 Å². The molecule has 25 heavy (non-hydrogen) atoms. The lowest BCUT2D eigenvalue weighted by atomic mass is 10.0. The van der Waals surface area contributed by atoms with Crippen molar-refractivity contribution in [1.82, 2.24) is 0 Å². The highest BCUT2D eigenvalue weighted by Gasteiger charge is 2.82. The van der Waals surface area contributed by atoms with E-state index in [0.29, 0.717) is 5.56 Å². The second-order valence-corrected chi connectivity index (χ2v) is 5.20. The van der Waals surface area contributed by atoms with E-state index >= 15 is 0 Å². The molecule has 0 amide bonds. The molecule has 2 aromatic rings. The van der Waals surface area contributed by atoms with E-state index in [9.17, 15) is 44.3 Å². The summed E-state index contributed by atoms with van der Waals surface area (Å²) < 4.78 is 121. The molecule has 0 fully saturated rings. The minimum Gasteiger partial charge on any atom is -0.454 e. The Morgan fingerprint density at radius 2 is 1.40 bits per heavy atom. The highest BCUT2D eigenvalue weighted by atomic mass is 19.4. The molecule has 0 aliphatic heterocycles. The number of hydrogen-bond donors (Lipinski definition) is 0. The smallest absolute Gasteiger partial charge is 0.454 e. The molecule has 2 rings (SSSR count). The summed E-state index contributed by atoms with van der Waals surface area (Å²) in [5.41, 5.74) is -1.50. The zero-order valence-electron chi connectivity index (χ0n) is 12.0. The van der Waals surface area contributed by atoms with Gasteiger partial charge in [0, 0.05) is 6.07 Å². The van der Waals surface area contributed by atoms with Crippen molar-refractivity contribution in [2.75, 3.05) is 0 Å². The van der Waals surface area contributed by atoms with Gasteiger partial charge in [-0.3, -0.25) is 4.79 Å². The highest BCUT2D eigenvalue weighted by Crippen LogP contribution is 2.56. The average molecular weight is 378 g/mol. The van der Waals surface area contributed by atoms with Crippen LogP contribution < -0.4 is 5.43 Å². The van der Waals surface area contributed by atoms with Crippen molar-refractivity contribution in [3.05, 3.63) is 45.8 Å². The predicted molar refractivity (Wildman–Crippen MR) is 67.1 cm³/mol. The fourth-order valence-electron chi connectivity index (χ4n) is 1.95. The van der Waals surface area contributed by atoms with Gasteiger partial charge in [0.25, 0.3) is 0 Å². The fraction of sp³-hybridized carbons (Fsp3) is 0.357. The summed E-state index contributed by atoms with van der Waals surface area (Å²) in [6.07, 6.45) is -6.95. The summed E-state index contributed by atoms with van der Waals surface area (Å²) in [4.78, 5) is 11.7. The van der Waals surface area contributed by atoms with Crippen LogP contribution >= 0.6 is 0 Å². The maximum absolute atomic E-state index is 13.8. The number of benzene rings is 1. The Morgan fingerprint density at radius 1 is 0.840 bits per heavy atom. The summed E-state index contributed by atoms with van der Waals surface area (Å²) in [5, 5.41) is -0.328. The first-order valence-electron chi connectivity index (χ1n) is 6.38. The van der Waals surface area contributed by atoms with Gasteiger partial charge in [-0.25, -0.2) is 0 Å². The number of aryl methyl sites for hydroxylation is 1. The standard InChI is InChI=1S/C14H7F9O2/c1-6-2-3-9-7(4-6)8(24)5-10(25-9)11(15,16)12(17,18)13(19,20)14(21,22)23/h2-5H,1H3. The Balaban J connectivity index is 2.69. The van der Waals surface area contributed by atoms with Crippen LogP contribution in [0.1, 0.15) is 11.3 Å². The van der Waals surface area contributed by atoms with Crippen LogP contribution in [0.4, 0.5) is 39.5 Å². The Bertz CT molecular complexity index is 865. The number of halogens is 9. The summed E-state index contributed by atoms with van der Waals surface area (Å²) in [7, 11) is 0. The molecule has 2 nitrogen and oxygen atoms in total. The topological polar surface area (TPSA) is 30.2 Å². The summed E-state index contributed by atoms with van der Waals surface area (Å²) in [5.74, 6) is -22.4. The quantitative estimate of drug-likeness (QED) is 0.702. The van der Waals surface area contributed by atoms with E-state index in [2.05, 4.69) is 4.42 Å². The number of alkyl halides is 9. The first-order chi connectivity index (χ1) is 11.1. The lowest BCUT2D eigenvalue weighted by Crippen LogP contribution is -2.59. The Hall–Kier alpha value is -2.20. The normalized spacial score (nSPS) is 14.2. The Kier molecular flexibility index (Phi) is 4.13. The van der Waals surface area contributed by atoms with Crippen LogP contribution in [0, 0.1) is 6.92 Å². The molecular weight excluding hydrogens is 371 g/mol. The van der Waals surface area contributed by atoms with E-state index in [-0.39, 0.29) is 11.5 Å². The van der Waals surface area contributed by atoms with E-state index in [1.807, 2.05) is 0 Å². The number of hydrogen-bond acceptors (Lipinski definition) is 2. The van der Waals surface area contributed by atoms with E-state index in [0.717, 1.165) is 12.1 Å². The number of fused-ring (bicyclic) bond motifs is 1. The van der Waals surface area contributed by atoms with Crippen LogP contribution in [0.15, 0.2) is 33.5 Å². The Morgan fingerprint density at radius 3 is 1.92 bits per heavy atom. The zero-order valence-corrected chi connectivity index (χ0v) is 12.0. The zero-order chi connectivity index (χ0) is 19.4. The van der Waals surface area contributed by atoms with Crippen molar-refractivity contribution in [3.8, 4) is 0 Å². The van der Waals surface area contributed by atoms with Crippen LogP contribution in [-0.2, 0) is 5.92 Å². The average Bonchev–Trinajstić information content (AvgIpc) is 2.46. The molecule has 0 aliphatic carbocycles. The van der Waals surface area contributed by atoms with Gasteiger partial charge >= 0.3 is 23.9 Å². The van der Waals surface area contributed by atoms with Gasteiger partial charge in [0.05, 0.1) is 5.39 Å². The van der Waals surface area contributed by atoms with Crippen LogP contribution in [-0.4, -0.2) is 18.0 Å². The van der Waals surface area contributed by atoms with Crippen molar-refractivity contribution >= 4 is 11.0 Å². The molecule has 0 atom stereocenters. The summed E-state index contributed by atoms with van der Waals surface area (Å²) >= 11 is 0. The van der Waals surface area contributed by atoms with Crippen molar-refractivity contribution < 1.29 is 43.9 Å². The Labute approximate surface area is 132 Å². The second kappa shape index (κ2) is 5.40. The maximum Gasteiger partial charge on any atom is 0.460 e. The van der Waals surface area contributed by atoms with Crippen LogP contribution in [0.25, 0.3) is 11.0 Å². The van der Waals surface area contributed by atoms with Gasteiger partial charge in [-0.15, -0.1) is 0 Å². The van der Waals surface area contributed by atoms with Gasteiger partial charge in [0.15, 0.2) is 11.2 Å². The summed E-state index contributed by atoms with van der Waals surface area (Å²) in [6, 6.07) is 3.06. The van der Waals surface area contributed by atoms with Crippen LogP contribution in [0.5, 0.6) is 0 Å². The molecule has 0 bridgehead atoms. The molecule has 0 radical (unpaired) electrons. The van der Waals surface area contributed by atoms with Gasteiger partial charge < -0.3 is 4.42 Å². The molecule has 0 saturated carbocycles. The first-order valence-corrected chi connectivity index (χ1v) is 6.38. The first kappa shape index (κ1) is 19.1. The lowest BCUT2D eigenvalue weighted by molar-refractivity contribution is -0.401. The fourth-order valence-corrected chi connectivity index (χ4v) is 1.95. The van der Waals surface area contributed by atoms with Gasteiger partial charge in [-0.2, -0.15) is 39.5 Å². The molecule has 138 valence electrons. The van der Waals surface area contributed by atoms with Gasteiger partial charge in [-0.1, -0.05) is 11.6 Å². The molecule has 1 aromatic heterocycles. The maximum atomic E-state index is 13.8. The van der Waals surface area contributed by atoms with Gasteiger partial charge in [-0.05, 0) is 19.1 Å². The molecule has 0 aliphatic rings. The van der Waals surface area contributed by atoms with Crippen LogP contribution in [0.3, 0.4) is 0 Å². The number of rotatable bonds is 3. The molecule has 0 unspecified atom stereocenters. The summed E-state index contributed by atoms with van der Waals surface area (Å²) in [6.45, 7) is 1.50. The van der Waals surface area contributed by atoms with Crippen LogP contribution in [0.2, 0.25) is 0 Å². The van der Waals surface area contributed by atoms with Gasteiger partial charge in [0.1, 0.15) is 5.58 Å². The molecule has 0 spiro atoms. The third-order valence-corrected chi connectivity index (χ3v) is 3.34. The van der Waals surface area contributed by atoms with E-state index < -0.39 is 40.7 Å². The highest BCUT2D eigenvalue weighted by molar-refractivity contribution is 5.77. The minimum absolute atomic E-state index is 0.234. The predicted octanol–water partition coefficient (Wildman–Crippen LogP) is 5.03. The molecule has 0 saturated heterocycles. The third-order valence-electron chi connectivity index (χ3n) is 3.34. The van der Waals surface area contributed by atoms with Crippen molar-refractivity contribution in [3.63, 3.8) is 0 Å². The lowest BCUT2D eigenvalue weighted by Gasteiger charge is -2.32. The molecular formula is C14H7F9O2. The van der Waals surface area contributed by atoms with E-state index in [1.54, 1.807) is 0 Å². The monoisotopic (exact) mass is 378 g/mol. The SMILES string of the molecule is Cc1ccc2oc(C(F)(F)C(F)(F)C(F)(F)C(F)(F)F)cc(=O)c2c1. The minimum atomic E-state index is -7.07. The molecule has 1 heterocycles. The van der Waals surface area contributed by atoms with Gasteiger partial charge in [0.2, 0.25) is 0 Å². The molecule has 1 aromatic carbocycles.